The Morgan fingerprint density at radius 1 is 1.15 bits per heavy atom. The SMILES string of the molecule is COCc1ccccc1S.F.F.F. The molecule has 1 rings (SSSR count). The molecule has 1 aromatic carbocycles. The number of rotatable bonds is 2. The first kappa shape index (κ1) is 18.2. The van der Waals surface area contributed by atoms with Gasteiger partial charge in [-0.05, 0) is 11.6 Å². The van der Waals surface area contributed by atoms with E-state index in [9.17, 15) is 0 Å². The van der Waals surface area contributed by atoms with E-state index in [1.807, 2.05) is 24.3 Å². The summed E-state index contributed by atoms with van der Waals surface area (Å²) >= 11 is 4.25. The molecule has 0 aliphatic carbocycles. The maximum atomic E-state index is 4.96. The second-order valence-corrected chi connectivity index (χ2v) is 2.54. The maximum Gasteiger partial charge on any atom is 0.0723 e. The lowest BCUT2D eigenvalue weighted by Crippen LogP contribution is -1.87. The third-order valence-corrected chi connectivity index (χ3v) is 1.73. The zero-order chi connectivity index (χ0) is 7.40. The molecular formula is C8H13F3OS. The van der Waals surface area contributed by atoms with Gasteiger partial charge in [-0.1, -0.05) is 18.2 Å². The lowest BCUT2D eigenvalue weighted by atomic mass is 10.2. The molecule has 78 valence electrons. The summed E-state index contributed by atoms with van der Waals surface area (Å²) in [5, 5.41) is 0. The molecule has 0 bridgehead atoms. The van der Waals surface area contributed by atoms with Crippen molar-refractivity contribution in [3.8, 4) is 0 Å². The molecule has 0 aromatic heterocycles. The van der Waals surface area contributed by atoms with Crippen LogP contribution in [-0.2, 0) is 11.3 Å². The van der Waals surface area contributed by atoms with Crippen molar-refractivity contribution >= 4 is 12.6 Å². The Morgan fingerprint density at radius 2 is 1.69 bits per heavy atom. The lowest BCUT2D eigenvalue weighted by molar-refractivity contribution is 0.183. The topological polar surface area (TPSA) is 9.23 Å². The second-order valence-electron chi connectivity index (χ2n) is 2.06. The fraction of sp³-hybridized carbons (Fsp3) is 0.250. The Balaban J connectivity index is -0.000000333. The van der Waals surface area contributed by atoms with Crippen molar-refractivity contribution in [1.82, 2.24) is 0 Å². The number of ether oxygens (including phenoxy) is 1. The van der Waals surface area contributed by atoms with Gasteiger partial charge >= 0.3 is 0 Å². The number of hydrogen-bond donors (Lipinski definition) is 1. The largest absolute Gasteiger partial charge is 0.380 e. The van der Waals surface area contributed by atoms with Gasteiger partial charge in [0.05, 0.1) is 6.61 Å². The van der Waals surface area contributed by atoms with E-state index in [2.05, 4.69) is 12.6 Å². The zero-order valence-electron chi connectivity index (χ0n) is 7.10. The Bertz CT molecular complexity index is 220. The normalized spacial score (nSPS) is 7.54. The number of methoxy groups -OCH3 is 1. The van der Waals surface area contributed by atoms with Crippen molar-refractivity contribution in [3.05, 3.63) is 29.8 Å². The van der Waals surface area contributed by atoms with Crippen LogP contribution in [0.2, 0.25) is 0 Å². The van der Waals surface area contributed by atoms with Gasteiger partial charge in [-0.3, -0.25) is 14.1 Å². The first-order valence-electron chi connectivity index (χ1n) is 3.10. The van der Waals surface area contributed by atoms with E-state index in [1.165, 1.54) is 0 Å². The van der Waals surface area contributed by atoms with E-state index < -0.39 is 0 Å². The molecule has 13 heavy (non-hydrogen) atoms. The molecule has 0 spiro atoms. The standard InChI is InChI=1S/C8H10OS.3FH/c1-9-6-7-4-2-3-5-8(7)10;;;/h2-5,10H,6H2,1H3;3*1H. The molecule has 0 amide bonds. The molecule has 0 saturated carbocycles. The van der Waals surface area contributed by atoms with Crippen LogP contribution in [0.25, 0.3) is 0 Å². The molecule has 0 N–H and O–H groups in total. The van der Waals surface area contributed by atoms with Crippen LogP contribution in [0.3, 0.4) is 0 Å². The van der Waals surface area contributed by atoms with Crippen LogP contribution in [0.4, 0.5) is 14.1 Å². The number of thiol groups is 1. The summed E-state index contributed by atoms with van der Waals surface area (Å²) < 4.78 is 4.96. The van der Waals surface area contributed by atoms with Crippen molar-refractivity contribution in [1.29, 1.82) is 0 Å². The van der Waals surface area contributed by atoms with E-state index in [0.29, 0.717) is 6.61 Å². The minimum atomic E-state index is 0. The quantitative estimate of drug-likeness (QED) is 0.744. The maximum absolute atomic E-state index is 4.96. The number of benzene rings is 1. The zero-order valence-corrected chi connectivity index (χ0v) is 7.99. The van der Waals surface area contributed by atoms with Crippen LogP contribution in [0.5, 0.6) is 0 Å². The summed E-state index contributed by atoms with van der Waals surface area (Å²) in [5.74, 6) is 0. The van der Waals surface area contributed by atoms with Crippen molar-refractivity contribution in [2.24, 2.45) is 0 Å². The Labute approximate surface area is 80.6 Å². The molecule has 0 unspecified atom stereocenters. The summed E-state index contributed by atoms with van der Waals surface area (Å²) in [7, 11) is 1.68. The van der Waals surface area contributed by atoms with Gasteiger partial charge in [0.25, 0.3) is 0 Å². The van der Waals surface area contributed by atoms with E-state index in [0.717, 1.165) is 10.5 Å². The minimum absolute atomic E-state index is 0. The predicted octanol–water partition coefficient (Wildman–Crippen LogP) is 2.58. The van der Waals surface area contributed by atoms with E-state index in [1.54, 1.807) is 7.11 Å². The van der Waals surface area contributed by atoms with Gasteiger partial charge in [0.2, 0.25) is 0 Å². The van der Waals surface area contributed by atoms with Crippen LogP contribution in [0.1, 0.15) is 5.56 Å². The first-order chi connectivity index (χ1) is 4.84. The van der Waals surface area contributed by atoms with Gasteiger partial charge in [-0.25, -0.2) is 0 Å². The smallest absolute Gasteiger partial charge is 0.0723 e. The third kappa shape index (κ3) is 5.54. The summed E-state index contributed by atoms with van der Waals surface area (Å²) in [5.41, 5.74) is 1.13. The molecule has 5 heteroatoms. The highest BCUT2D eigenvalue weighted by Gasteiger charge is 1.93. The molecular weight excluding hydrogens is 201 g/mol. The van der Waals surface area contributed by atoms with Crippen molar-refractivity contribution < 1.29 is 18.9 Å². The highest BCUT2D eigenvalue weighted by Crippen LogP contribution is 2.12. The van der Waals surface area contributed by atoms with Gasteiger partial charge < -0.3 is 4.74 Å². The summed E-state index contributed by atoms with van der Waals surface area (Å²) in [6.45, 7) is 0.639. The summed E-state index contributed by atoms with van der Waals surface area (Å²) in [4.78, 5) is 0.990. The molecule has 1 aromatic rings. The van der Waals surface area contributed by atoms with Crippen LogP contribution in [-0.4, -0.2) is 7.11 Å². The molecule has 0 fully saturated rings. The lowest BCUT2D eigenvalue weighted by Gasteiger charge is -2.00. The van der Waals surface area contributed by atoms with Gasteiger partial charge in [0.15, 0.2) is 0 Å². The Kier molecular flexibility index (Phi) is 13.2. The van der Waals surface area contributed by atoms with Crippen LogP contribution >= 0.6 is 12.6 Å². The highest BCUT2D eigenvalue weighted by atomic mass is 32.1. The van der Waals surface area contributed by atoms with Crippen molar-refractivity contribution in [2.45, 2.75) is 11.5 Å². The Hall–Kier alpha value is -0.680. The predicted molar refractivity (Wildman–Crippen MR) is 51.9 cm³/mol. The number of halogens is 3. The van der Waals surface area contributed by atoms with E-state index in [-0.39, 0.29) is 14.1 Å². The van der Waals surface area contributed by atoms with Gasteiger partial charge in [-0.15, -0.1) is 12.6 Å². The second kappa shape index (κ2) is 9.41. The molecule has 0 radical (unpaired) electrons. The van der Waals surface area contributed by atoms with Gasteiger partial charge in [-0.2, -0.15) is 0 Å². The van der Waals surface area contributed by atoms with E-state index in [4.69, 9.17) is 4.74 Å². The monoisotopic (exact) mass is 214 g/mol. The summed E-state index contributed by atoms with van der Waals surface area (Å²) in [6.07, 6.45) is 0. The van der Waals surface area contributed by atoms with Gasteiger partial charge in [0, 0.05) is 12.0 Å². The fourth-order valence-corrected chi connectivity index (χ4v) is 1.01. The Morgan fingerprint density at radius 3 is 2.15 bits per heavy atom. The molecule has 0 aliphatic heterocycles. The average Bonchev–Trinajstić information content (AvgIpc) is 1.94. The number of hydrogen-bond acceptors (Lipinski definition) is 2. The van der Waals surface area contributed by atoms with Crippen molar-refractivity contribution in [2.75, 3.05) is 7.11 Å². The summed E-state index contributed by atoms with van der Waals surface area (Å²) in [6, 6.07) is 7.90. The van der Waals surface area contributed by atoms with Crippen LogP contribution in [0.15, 0.2) is 29.2 Å². The van der Waals surface area contributed by atoms with Gasteiger partial charge in [0.1, 0.15) is 0 Å². The fourth-order valence-electron chi connectivity index (χ4n) is 0.788. The highest BCUT2D eigenvalue weighted by molar-refractivity contribution is 7.80. The minimum Gasteiger partial charge on any atom is -0.380 e. The van der Waals surface area contributed by atoms with Crippen molar-refractivity contribution in [3.63, 3.8) is 0 Å². The first-order valence-corrected chi connectivity index (χ1v) is 3.55. The van der Waals surface area contributed by atoms with Crippen LogP contribution in [0, 0.1) is 0 Å². The van der Waals surface area contributed by atoms with E-state index >= 15 is 0 Å². The molecule has 1 nitrogen and oxygen atoms in total. The third-order valence-electron chi connectivity index (χ3n) is 1.29. The molecule has 0 heterocycles. The molecule has 0 atom stereocenters. The van der Waals surface area contributed by atoms with Crippen LogP contribution < -0.4 is 0 Å². The molecule has 0 aliphatic rings. The average molecular weight is 214 g/mol. The molecule has 0 saturated heterocycles.